The quantitative estimate of drug-likeness (QED) is 0.864. The summed E-state index contributed by atoms with van der Waals surface area (Å²) < 4.78 is 1.85. The highest BCUT2D eigenvalue weighted by Gasteiger charge is 2.27. The van der Waals surface area contributed by atoms with Crippen LogP contribution in [0.3, 0.4) is 0 Å². The lowest BCUT2D eigenvalue weighted by Gasteiger charge is -2.15. The Labute approximate surface area is 107 Å². The minimum Gasteiger partial charge on any atom is -0.339 e. The van der Waals surface area contributed by atoms with Gasteiger partial charge in [-0.2, -0.15) is 4.98 Å². The molecule has 5 nitrogen and oxygen atoms in total. The van der Waals surface area contributed by atoms with Crippen LogP contribution in [0.1, 0.15) is 18.9 Å². The SMILES string of the molecule is Cc1ccc2nc(N3CCC(C(C)N)C3)nn2c1. The second kappa shape index (κ2) is 4.24. The Morgan fingerprint density at radius 3 is 3.00 bits per heavy atom. The summed E-state index contributed by atoms with van der Waals surface area (Å²) in [5.74, 6) is 1.38. The number of hydrogen-bond donors (Lipinski definition) is 1. The van der Waals surface area contributed by atoms with E-state index >= 15 is 0 Å². The number of aromatic nitrogens is 3. The molecule has 2 atom stereocenters. The molecule has 0 aromatic carbocycles. The van der Waals surface area contributed by atoms with Crippen molar-refractivity contribution in [2.75, 3.05) is 18.0 Å². The summed E-state index contributed by atoms with van der Waals surface area (Å²) in [6.45, 7) is 6.10. The van der Waals surface area contributed by atoms with Crippen LogP contribution in [0.15, 0.2) is 18.3 Å². The minimum absolute atomic E-state index is 0.245. The maximum Gasteiger partial charge on any atom is 0.245 e. The van der Waals surface area contributed by atoms with Gasteiger partial charge in [-0.25, -0.2) is 4.52 Å². The summed E-state index contributed by atoms with van der Waals surface area (Å²) in [6, 6.07) is 4.31. The van der Waals surface area contributed by atoms with Gasteiger partial charge in [-0.15, -0.1) is 5.10 Å². The molecule has 3 rings (SSSR count). The van der Waals surface area contributed by atoms with Gasteiger partial charge in [0.1, 0.15) is 0 Å². The van der Waals surface area contributed by atoms with Gasteiger partial charge in [0.15, 0.2) is 5.65 Å². The molecule has 2 N–H and O–H groups in total. The van der Waals surface area contributed by atoms with Gasteiger partial charge >= 0.3 is 0 Å². The first kappa shape index (κ1) is 11.5. The summed E-state index contributed by atoms with van der Waals surface area (Å²) in [7, 11) is 0. The van der Waals surface area contributed by atoms with Crippen LogP contribution >= 0.6 is 0 Å². The topological polar surface area (TPSA) is 59.5 Å². The van der Waals surface area contributed by atoms with Crippen LogP contribution in [0, 0.1) is 12.8 Å². The molecule has 2 aromatic heterocycles. The van der Waals surface area contributed by atoms with Crippen LogP contribution in [-0.4, -0.2) is 33.7 Å². The summed E-state index contributed by atoms with van der Waals surface area (Å²) >= 11 is 0. The van der Waals surface area contributed by atoms with Gasteiger partial charge in [0.05, 0.1) is 0 Å². The van der Waals surface area contributed by atoms with Gasteiger partial charge in [-0.05, 0) is 37.8 Å². The fraction of sp³-hybridized carbons (Fsp3) is 0.538. The Kier molecular flexibility index (Phi) is 2.70. The molecule has 0 bridgehead atoms. The first-order chi connectivity index (χ1) is 8.63. The molecular weight excluding hydrogens is 226 g/mol. The first-order valence-electron chi connectivity index (χ1n) is 6.47. The van der Waals surface area contributed by atoms with Gasteiger partial charge in [-0.1, -0.05) is 6.07 Å². The Hall–Kier alpha value is -1.62. The highest BCUT2D eigenvalue weighted by atomic mass is 15.4. The van der Waals surface area contributed by atoms with Gasteiger partial charge in [0.2, 0.25) is 5.95 Å². The van der Waals surface area contributed by atoms with E-state index in [9.17, 15) is 0 Å². The number of nitrogens with two attached hydrogens (primary N) is 1. The summed E-state index contributed by atoms with van der Waals surface area (Å²) in [6.07, 6.45) is 3.14. The van der Waals surface area contributed by atoms with Gasteiger partial charge in [0, 0.05) is 25.3 Å². The fourth-order valence-electron chi connectivity index (χ4n) is 2.51. The highest BCUT2D eigenvalue weighted by Crippen LogP contribution is 2.23. The molecule has 1 aliphatic rings. The van der Waals surface area contributed by atoms with Crippen LogP contribution in [-0.2, 0) is 0 Å². The van der Waals surface area contributed by atoms with E-state index in [-0.39, 0.29) is 6.04 Å². The smallest absolute Gasteiger partial charge is 0.245 e. The second-order valence-electron chi connectivity index (χ2n) is 5.27. The zero-order chi connectivity index (χ0) is 12.7. The van der Waals surface area contributed by atoms with Crippen molar-refractivity contribution in [2.45, 2.75) is 26.3 Å². The Bertz CT molecular complexity index is 560. The second-order valence-corrected chi connectivity index (χ2v) is 5.27. The molecule has 0 saturated carbocycles. The average Bonchev–Trinajstić information content (AvgIpc) is 2.93. The predicted octanol–water partition coefficient (Wildman–Crippen LogP) is 1.21. The van der Waals surface area contributed by atoms with E-state index in [0.29, 0.717) is 5.92 Å². The molecule has 18 heavy (non-hydrogen) atoms. The molecule has 1 saturated heterocycles. The molecule has 1 fully saturated rings. The molecule has 0 spiro atoms. The van der Waals surface area contributed by atoms with E-state index in [1.54, 1.807) is 0 Å². The molecule has 1 aliphatic heterocycles. The van der Waals surface area contributed by atoms with Crippen molar-refractivity contribution in [1.82, 2.24) is 14.6 Å². The number of hydrogen-bond acceptors (Lipinski definition) is 4. The molecule has 5 heteroatoms. The van der Waals surface area contributed by atoms with Gasteiger partial charge in [0.25, 0.3) is 0 Å². The van der Waals surface area contributed by atoms with Crippen molar-refractivity contribution in [2.24, 2.45) is 11.7 Å². The van der Waals surface area contributed by atoms with Crippen molar-refractivity contribution < 1.29 is 0 Å². The Balaban J connectivity index is 1.87. The minimum atomic E-state index is 0.245. The van der Waals surface area contributed by atoms with E-state index < -0.39 is 0 Å². The van der Waals surface area contributed by atoms with Crippen molar-refractivity contribution in [1.29, 1.82) is 0 Å². The summed E-state index contributed by atoms with van der Waals surface area (Å²) in [4.78, 5) is 6.80. The van der Waals surface area contributed by atoms with Gasteiger partial charge in [-0.3, -0.25) is 0 Å². The molecule has 3 heterocycles. The summed E-state index contributed by atoms with van der Waals surface area (Å²) in [5, 5.41) is 4.54. The van der Waals surface area contributed by atoms with E-state index in [4.69, 9.17) is 5.73 Å². The van der Waals surface area contributed by atoms with Crippen LogP contribution in [0.25, 0.3) is 5.65 Å². The number of rotatable bonds is 2. The number of nitrogens with zero attached hydrogens (tertiary/aromatic N) is 4. The molecule has 2 aromatic rings. The lowest BCUT2D eigenvalue weighted by Crippen LogP contribution is -2.30. The van der Waals surface area contributed by atoms with E-state index in [2.05, 4.69) is 34.9 Å². The standard InChI is InChI=1S/C13H19N5/c1-9-3-4-12-15-13(16-18(12)7-9)17-6-5-11(8-17)10(2)14/h3-4,7,10-11H,5-6,8,14H2,1-2H3. The lowest BCUT2D eigenvalue weighted by atomic mass is 10.0. The maximum absolute atomic E-state index is 5.96. The third kappa shape index (κ3) is 1.95. The van der Waals surface area contributed by atoms with Crippen LogP contribution in [0.4, 0.5) is 5.95 Å². The zero-order valence-electron chi connectivity index (χ0n) is 10.9. The molecule has 2 unspecified atom stereocenters. The first-order valence-corrected chi connectivity index (χ1v) is 6.47. The number of aryl methyl sites for hydroxylation is 1. The van der Waals surface area contributed by atoms with Crippen molar-refractivity contribution in [3.63, 3.8) is 0 Å². The van der Waals surface area contributed by atoms with Crippen molar-refractivity contribution in [3.8, 4) is 0 Å². The van der Waals surface area contributed by atoms with E-state index in [0.717, 1.165) is 31.1 Å². The highest BCUT2D eigenvalue weighted by molar-refractivity contribution is 5.45. The maximum atomic E-state index is 5.96. The third-order valence-electron chi connectivity index (χ3n) is 3.72. The Morgan fingerprint density at radius 2 is 2.28 bits per heavy atom. The molecule has 0 radical (unpaired) electrons. The van der Waals surface area contributed by atoms with Crippen LogP contribution in [0.2, 0.25) is 0 Å². The van der Waals surface area contributed by atoms with Gasteiger partial charge < -0.3 is 10.6 Å². The normalized spacial score (nSPS) is 21.7. The van der Waals surface area contributed by atoms with E-state index in [1.165, 1.54) is 5.56 Å². The van der Waals surface area contributed by atoms with Crippen molar-refractivity contribution >= 4 is 11.6 Å². The third-order valence-corrected chi connectivity index (χ3v) is 3.72. The van der Waals surface area contributed by atoms with Crippen LogP contribution in [0.5, 0.6) is 0 Å². The number of fused-ring (bicyclic) bond motifs is 1. The Morgan fingerprint density at radius 1 is 1.44 bits per heavy atom. The average molecular weight is 245 g/mol. The molecule has 96 valence electrons. The lowest BCUT2D eigenvalue weighted by molar-refractivity contribution is 0.487. The van der Waals surface area contributed by atoms with Crippen molar-refractivity contribution in [3.05, 3.63) is 23.9 Å². The monoisotopic (exact) mass is 245 g/mol. The number of anilines is 1. The summed E-state index contributed by atoms with van der Waals surface area (Å²) in [5.41, 5.74) is 8.05. The van der Waals surface area contributed by atoms with Crippen LogP contribution < -0.4 is 10.6 Å². The predicted molar refractivity (Wildman–Crippen MR) is 71.7 cm³/mol. The molecule has 0 amide bonds. The fourth-order valence-corrected chi connectivity index (χ4v) is 2.51. The van der Waals surface area contributed by atoms with E-state index in [1.807, 2.05) is 16.8 Å². The molecule has 0 aliphatic carbocycles. The largest absolute Gasteiger partial charge is 0.339 e. The molecular formula is C13H19N5. The zero-order valence-corrected chi connectivity index (χ0v) is 10.9. The number of pyridine rings is 1.